The van der Waals surface area contributed by atoms with Gasteiger partial charge in [0, 0.05) is 17.3 Å². The molecule has 1 aromatic carbocycles. The summed E-state index contributed by atoms with van der Waals surface area (Å²) in [4.78, 5) is 4.04. The van der Waals surface area contributed by atoms with Crippen molar-refractivity contribution >= 4 is 27.5 Å². The van der Waals surface area contributed by atoms with Gasteiger partial charge in [-0.15, -0.1) is 0 Å². The number of methoxy groups -OCH3 is 1. The number of aromatic nitrogens is 1. The van der Waals surface area contributed by atoms with Gasteiger partial charge in [-0.25, -0.2) is 4.98 Å². The van der Waals surface area contributed by atoms with Crippen molar-refractivity contribution in [2.24, 2.45) is 0 Å². The molecule has 1 aromatic heterocycles. The number of pyridine rings is 1. The fraction of sp³-hybridized carbons (Fsp3) is 0.0769. The first kappa shape index (κ1) is 13.7. The van der Waals surface area contributed by atoms with Crippen LogP contribution in [0.5, 0.6) is 11.6 Å². The van der Waals surface area contributed by atoms with E-state index in [1.54, 1.807) is 12.1 Å². The predicted octanol–water partition coefficient (Wildman–Crippen LogP) is 3.75. The predicted molar refractivity (Wildman–Crippen MR) is 75.3 cm³/mol. The molecule has 0 aliphatic carbocycles. The fourth-order valence-corrected chi connectivity index (χ4v) is 2.31. The molecule has 2 aromatic rings. The Bertz CT molecular complexity index is 683. The lowest BCUT2D eigenvalue weighted by Crippen LogP contribution is -1.90. The van der Waals surface area contributed by atoms with Gasteiger partial charge in [-0.1, -0.05) is 11.6 Å². The van der Waals surface area contributed by atoms with Crippen LogP contribution < -0.4 is 4.74 Å². The van der Waals surface area contributed by atoms with Gasteiger partial charge in [0.1, 0.15) is 10.8 Å². The first-order valence-corrected chi connectivity index (χ1v) is 6.36. The van der Waals surface area contributed by atoms with E-state index in [1.807, 2.05) is 6.07 Å². The van der Waals surface area contributed by atoms with E-state index in [4.69, 9.17) is 21.6 Å². The lowest BCUT2D eigenvalue weighted by Gasteiger charge is -2.09. The molecule has 0 atom stereocenters. The van der Waals surface area contributed by atoms with Crippen LogP contribution in [0.4, 0.5) is 0 Å². The van der Waals surface area contributed by atoms with E-state index in [9.17, 15) is 5.11 Å². The average Bonchev–Trinajstić information content (AvgIpc) is 2.41. The first-order valence-electron chi connectivity index (χ1n) is 5.19. The molecule has 0 aliphatic heterocycles. The van der Waals surface area contributed by atoms with Crippen LogP contribution in [0.25, 0.3) is 11.1 Å². The molecule has 6 heteroatoms. The molecular formula is C13H8BrClN2O2. The zero-order valence-electron chi connectivity index (χ0n) is 9.82. The van der Waals surface area contributed by atoms with Gasteiger partial charge in [-0.2, -0.15) is 5.26 Å². The minimum Gasteiger partial charge on any atom is -0.506 e. The van der Waals surface area contributed by atoms with E-state index >= 15 is 0 Å². The number of benzene rings is 1. The van der Waals surface area contributed by atoms with Crippen LogP contribution in [-0.2, 0) is 0 Å². The normalized spacial score (nSPS) is 10.0. The summed E-state index contributed by atoms with van der Waals surface area (Å²) in [5.74, 6) is 0.336. The molecule has 19 heavy (non-hydrogen) atoms. The second kappa shape index (κ2) is 5.47. The van der Waals surface area contributed by atoms with Gasteiger partial charge in [0.2, 0.25) is 5.88 Å². The molecule has 1 heterocycles. The molecule has 0 saturated heterocycles. The Labute approximate surface area is 123 Å². The molecule has 4 nitrogen and oxygen atoms in total. The Morgan fingerprint density at radius 1 is 1.42 bits per heavy atom. The standard InChI is InChI=1S/C13H8BrClN2O2/c1-19-13-11(15)4-8(6-17-13)9-2-7(5-16)3-10(14)12(9)18/h2-4,6,18H,1H3. The van der Waals surface area contributed by atoms with Crippen molar-refractivity contribution in [1.82, 2.24) is 4.98 Å². The second-order valence-electron chi connectivity index (χ2n) is 3.68. The first-order chi connectivity index (χ1) is 9.06. The van der Waals surface area contributed by atoms with E-state index < -0.39 is 0 Å². The van der Waals surface area contributed by atoms with Crippen molar-refractivity contribution in [2.75, 3.05) is 7.11 Å². The summed E-state index contributed by atoms with van der Waals surface area (Å²) in [6.45, 7) is 0. The topological polar surface area (TPSA) is 66.1 Å². The summed E-state index contributed by atoms with van der Waals surface area (Å²) < 4.78 is 5.41. The number of hydrogen-bond donors (Lipinski definition) is 1. The molecule has 96 valence electrons. The van der Waals surface area contributed by atoms with Gasteiger partial charge >= 0.3 is 0 Å². The van der Waals surface area contributed by atoms with Gasteiger partial charge < -0.3 is 9.84 Å². The molecule has 0 spiro atoms. The van der Waals surface area contributed by atoms with Crippen molar-refractivity contribution in [3.63, 3.8) is 0 Å². The number of hydrogen-bond acceptors (Lipinski definition) is 4. The van der Waals surface area contributed by atoms with Crippen LogP contribution in [0.15, 0.2) is 28.9 Å². The highest BCUT2D eigenvalue weighted by Crippen LogP contribution is 2.38. The molecule has 0 unspecified atom stereocenters. The maximum Gasteiger partial charge on any atom is 0.232 e. The maximum atomic E-state index is 10.0. The number of rotatable bonds is 2. The molecule has 0 amide bonds. The molecule has 1 N–H and O–H groups in total. The molecule has 2 rings (SSSR count). The van der Waals surface area contributed by atoms with Crippen LogP contribution in [0, 0.1) is 11.3 Å². The molecule has 0 aliphatic rings. The highest BCUT2D eigenvalue weighted by Gasteiger charge is 2.12. The fourth-order valence-electron chi connectivity index (χ4n) is 1.61. The van der Waals surface area contributed by atoms with Crippen molar-refractivity contribution in [1.29, 1.82) is 5.26 Å². The monoisotopic (exact) mass is 338 g/mol. The van der Waals surface area contributed by atoms with E-state index in [0.29, 0.717) is 32.1 Å². The largest absolute Gasteiger partial charge is 0.506 e. The van der Waals surface area contributed by atoms with Crippen LogP contribution >= 0.6 is 27.5 Å². The van der Waals surface area contributed by atoms with Crippen molar-refractivity contribution in [3.8, 4) is 28.8 Å². The molecule has 0 radical (unpaired) electrons. The Balaban J connectivity index is 2.62. The van der Waals surface area contributed by atoms with Crippen molar-refractivity contribution in [3.05, 3.63) is 39.5 Å². The number of aromatic hydroxyl groups is 1. The highest BCUT2D eigenvalue weighted by atomic mass is 79.9. The van der Waals surface area contributed by atoms with Crippen LogP contribution in [0.1, 0.15) is 5.56 Å². The third kappa shape index (κ3) is 2.65. The Kier molecular flexibility index (Phi) is 3.93. The molecule has 0 bridgehead atoms. The minimum absolute atomic E-state index is 0.0297. The summed E-state index contributed by atoms with van der Waals surface area (Å²) >= 11 is 9.20. The molecule has 0 saturated carbocycles. The van der Waals surface area contributed by atoms with Crippen LogP contribution in [0.2, 0.25) is 5.02 Å². The van der Waals surface area contributed by atoms with Crippen LogP contribution in [-0.4, -0.2) is 17.2 Å². The number of nitrogens with zero attached hydrogens (tertiary/aromatic N) is 2. The molecule has 0 fully saturated rings. The van der Waals surface area contributed by atoms with E-state index in [1.165, 1.54) is 19.4 Å². The lowest BCUT2D eigenvalue weighted by molar-refractivity contribution is 0.398. The zero-order chi connectivity index (χ0) is 14.0. The summed E-state index contributed by atoms with van der Waals surface area (Å²) in [5, 5.41) is 19.3. The van der Waals surface area contributed by atoms with Gasteiger partial charge in [0.25, 0.3) is 0 Å². The van der Waals surface area contributed by atoms with Gasteiger partial charge in [-0.05, 0) is 34.1 Å². The van der Waals surface area contributed by atoms with E-state index in [-0.39, 0.29) is 5.75 Å². The number of phenolic OH excluding ortho intramolecular Hbond substituents is 1. The number of ether oxygens (including phenoxy) is 1. The third-order valence-electron chi connectivity index (χ3n) is 2.50. The van der Waals surface area contributed by atoms with Gasteiger partial charge in [0.15, 0.2) is 0 Å². The zero-order valence-corrected chi connectivity index (χ0v) is 12.2. The number of halogens is 2. The number of nitriles is 1. The lowest BCUT2D eigenvalue weighted by atomic mass is 10.0. The Hall–Kier alpha value is -1.77. The van der Waals surface area contributed by atoms with Gasteiger partial charge in [-0.3, -0.25) is 0 Å². The van der Waals surface area contributed by atoms with Crippen molar-refractivity contribution < 1.29 is 9.84 Å². The summed E-state index contributed by atoms with van der Waals surface area (Å²) in [5.41, 5.74) is 1.50. The highest BCUT2D eigenvalue weighted by molar-refractivity contribution is 9.10. The Morgan fingerprint density at radius 3 is 2.74 bits per heavy atom. The van der Waals surface area contributed by atoms with Crippen LogP contribution in [0.3, 0.4) is 0 Å². The van der Waals surface area contributed by atoms with Crippen molar-refractivity contribution in [2.45, 2.75) is 0 Å². The SMILES string of the molecule is COc1ncc(-c2cc(C#N)cc(Br)c2O)cc1Cl. The summed E-state index contributed by atoms with van der Waals surface area (Å²) in [6.07, 6.45) is 1.52. The second-order valence-corrected chi connectivity index (χ2v) is 4.94. The quantitative estimate of drug-likeness (QED) is 0.905. The average molecular weight is 340 g/mol. The maximum absolute atomic E-state index is 10.0. The van der Waals surface area contributed by atoms with E-state index in [0.717, 1.165) is 0 Å². The third-order valence-corrected chi connectivity index (χ3v) is 3.38. The number of phenols is 1. The summed E-state index contributed by atoms with van der Waals surface area (Å²) in [6, 6.07) is 6.75. The minimum atomic E-state index is 0.0297. The van der Waals surface area contributed by atoms with E-state index in [2.05, 4.69) is 20.9 Å². The smallest absolute Gasteiger partial charge is 0.232 e. The summed E-state index contributed by atoms with van der Waals surface area (Å²) in [7, 11) is 1.47. The Morgan fingerprint density at radius 2 is 2.16 bits per heavy atom. The molecular weight excluding hydrogens is 332 g/mol. The van der Waals surface area contributed by atoms with Gasteiger partial charge in [0.05, 0.1) is 23.2 Å².